The Balaban J connectivity index is 0.00000108. The van der Waals surface area contributed by atoms with Crippen LogP contribution < -0.4 is 51.4 Å². The van der Waals surface area contributed by atoms with Gasteiger partial charge in [0.25, 0.3) is 0 Å². The molecule has 3 aromatic rings. The van der Waals surface area contributed by atoms with Gasteiger partial charge in [0.2, 0.25) is 0 Å². The summed E-state index contributed by atoms with van der Waals surface area (Å²) in [5.41, 5.74) is 0.911. The van der Waals surface area contributed by atoms with Gasteiger partial charge in [0, 0.05) is 24.4 Å². The number of rotatable bonds is 1. The van der Waals surface area contributed by atoms with Gasteiger partial charge in [-0.1, -0.05) is 0 Å². The summed E-state index contributed by atoms with van der Waals surface area (Å²) in [6, 6.07) is 3.56. The van der Waals surface area contributed by atoms with E-state index in [-0.39, 0.29) is 51.4 Å². The molecule has 0 aliphatic heterocycles. The fourth-order valence-electron chi connectivity index (χ4n) is 1.39. The monoisotopic (exact) mass is 249 g/mol. The Hall–Kier alpha value is -1.11. The molecular formula is C9H4KN7. The van der Waals surface area contributed by atoms with Crippen molar-refractivity contribution < 1.29 is 51.4 Å². The molecule has 0 spiro atoms. The minimum Gasteiger partial charge on any atom is -0.349 e. The predicted octanol–water partition coefficient (Wildman–Crippen LogP) is -2.79. The smallest absolute Gasteiger partial charge is 0.349 e. The first-order chi connectivity index (χ1) is 7.88. The molecule has 3 heterocycles. The van der Waals surface area contributed by atoms with Gasteiger partial charge in [0.15, 0.2) is 5.69 Å². The molecule has 8 heteroatoms. The van der Waals surface area contributed by atoms with Crippen LogP contribution in [0.2, 0.25) is 0 Å². The zero-order valence-electron chi connectivity index (χ0n) is 8.92. The third-order valence-corrected chi connectivity index (χ3v) is 2.10. The second-order valence-corrected chi connectivity index (χ2v) is 3.04. The Morgan fingerprint density at radius 3 is 3.06 bits per heavy atom. The summed E-state index contributed by atoms with van der Waals surface area (Å²) in [4.78, 5) is 7.89. The first-order valence-corrected chi connectivity index (χ1v) is 4.42. The molecule has 0 unspecified atom stereocenters. The van der Waals surface area contributed by atoms with Crippen LogP contribution in [0.15, 0.2) is 18.5 Å². The van der Waals surface area contributed by atoms with E-state index in [1.54, 1.807) is 18.5 Å². The summed E-state index contributed by atoms with van der Waals surface area (Å²) < 4.78 is 1.49. The largest absolute Gasteiger partial charge is 1.00 e. The van der Waals surface area contributed by atoms with E-state index in [9.17, 15) is 0 Å². The van der Waals surface area contributed by atoms with Gasteiger partial charge in [-0.3, -0.25) is 4.68 Å². The molecule has 3 aromatic heterocycles. The Kier molecular flexibility index (Phi) is 3.65. The number of nitriles is 1. The number of hydrogen-bond acceptors (Lipinski definition) is 5. The van der Waals surface area contributed by atoms with E-state index >= 15 is 0 Å². The summed E-state index contributed by atoms with van der Waals surface area (Å²) in [5.74, 6) is 0.542. The van der Waals surface area contributed by atoms with E-state index in [2.05, 4.69) is 31.6 Å². The first kappa shape index (κ1) is 12.3. The van der Waals surface area contributed by atoms with E-state index in [1.165, 1.54) is 4.68 Å². The fourth-order valence-corrected chi connectivity index (χ4v) is 1.39. The fraction of sp³-hybridized carbons (Fsp3) is 0. The van der Waals surface area contributed by atoms with Crippen LogP contribution in [0.25, 0.3) is 16.9 Å². The Labute approximate surface area is 138 Å². The van der Waals surface area contributed by atoms with Crippen LogP contribution in [0, 0.1) is 17.7 Å². The molecule has 0 bridgehead atoms. The van der Waals surface area contributed by atoms with Gasteiger partial charge in [0.05, 0.1) is 5.82 Å². The molecule has 0 atom stereocenters. The maximum Gasteiger partial charge on any atom is 1.00 e. The third kappa shape index (κ3) is 2.15. The molecule has 1 N–H and O–H groups in total. The SMILES string of the molecule is N#Cc1ccn(-c2n[c-]nc3[nH]ncc23)n1.[K+]. The maximum atomic E-state index is 8.69. The van der Waals surface area contributed by atoms with E-state index in [0.29, 0.717) is 17.2 Å². The average molecular weight is 249 g/mol. The number of H-pyrrole nitrogens is 1. The summed E-state index contributed by atoms with van der Waals surface area (Å²) in [6.07, 6.45) is 5.76. The minimum absolute atomic E-state index is 0. The van der Waals surface area contributed by atoms with Crippen LogP contribution in [0.3, 0.4) is 0 Å². The number of aromatic nitrogens is 6. The number of fused-ring (bicyclic) bond motifs is 1. The zero-order chi connectivity index (χ0) is 11.0. The topological polar surface area (TPSA) is 96.1 Å². The molecule has 0 fully saturated rings. The van der Waals surface area contributed by atoms with Crippen LogP contribution in [-0.2, 0) is 0 Å². The molecule has 17 heavy (non-hydrogen) atoms. The minimum atomic E-state index is 0. The summed E-state index contributed by atoms with van der Waals surface area (Å²) in [5, 5.41) is 20.0. The number of hydrogen-bond donors (Lipinski definition) is 1. The van der Waals surface area contributed by atoms with Crippen LogP contribution in [0.5, 0.6) is 0 Å². The number of aromatic amines is 1. The average Bonchev–Trinajstić information content (AvgIpc) is 2.97. The number of nitrogens with one attached hydrogen (secondary N) is 1. The van der Waals surface area contributed by atoms with E-state index in [4.69, 9.17) is 5.26 Å². The van der Waals surface area contributed by atoms with Crippen molar-refractivity contribution in [2.75, 3.05) is 0 Å². The zero-order valence-corrected chi connectivity index (χ0v) is 12.0. The van der Waals surface area contributed by atoms with Crippen molar-refractivity contribution in [3.05, 3.63) is 30.5 Å². The summed E-state index contributed by atoms with van der Waals surface area (Å²) in [7, 11) is 0. The molecule has 76 valence electrons. The van der Waals surface area contributed by atoms with E-state index in [1.807, 2.05) is 6.07 Å². The van der Waals surface area contributed by atoms with Crippen molar-refractivity contribution >= 4 is 11.0 Å². The van der Waals surface area contributed by atoms with Crippen LogP contribution in [-0.4, -0.2) is 29.9 Å². The molecule has 0 amide bonds. The Morgan fingerprint density at radius 2 is 2.29 bits per heavy atom. The quantitative estimate of drug-likeness (QED) is 0.371. The molecule has 7 nitrogen and oxygen atoms in total. The molecular weight excluding hydrogens is 245 g/mol. The Bertz CT molecular complexity index is 693. The summed E-state index contributed by atoms with van der Waals surface area (Å²) >= 11 is 0. The predicted molar refractivity (Wildman–Crippen MR) is 52.4 cm³/mol. The molecule has 0 saturated carbocycles. The van der Waals surface area contributed by atoms with Gasteiger partial charge in [-0.15, -0.1) is 0 Å². The molecule has 0 radical (unpaired) electrons. The van der Waals surface area contributed by atoms with Gasteiger partial charge in [-0.25, -0.2) is 0 Å². The van der Waals surface area contributed by atoms with Crippen molar-refractivity contribution in [3.63, 3.8) is 0 Å². The van der Waals surface area contributed by atoms with Crippen molar-refractivity contribution in [2.24, 2.45) is 0 Å². The second kappa shape index (κ2) is 5.03. The van der Waals surface area contributed by atoms with Crippen molar-refractivity contribution in [3.8, 4) is 11.9 Å². The third-order valence-electron chi connectivity index (χ3n) is 2.10. The van der Waals surface area contributed by atoms with E-state index < -0.39 is 0 Å². The van der Waals surface area contributed by atoms with Crippen LogP contribution in [0.4, 0.5) is 0 Å². The van der Waals surface area contributed by atoms with Crippen molar-refractivity contribution in [1.29, 1.82) is 5.26 Å². The van der Waals surface area contributed by atoms with Gasteiger partial charge < -0.3 is 15.1 Å². The number of nitrogens with zero attached hydrogens (tertiary/aromatic N) is 6. The summed E-state index contributed by atoms with van der Waals surface area (Å²) in [6.45, 7) is 0. The van der Waals surface area contributed by atoms with Gasteiger partial charge in [-0.2, -0.15) is 15.5 Å². The van der Waals surface area contributed by atoms with Gasteiger partial charge in [-0.05, 0) is 11.5 Å². The second-order valence-electron chi connectivity index (χ2n) is 3.04. The standard InChI is InChI=1S/C9H4N7.K/c10-3-6-1-2-16(15-6)9-7-4-13-14-8(7)11-5-12-9;/h1-2,4H,(H,11,12,13,14);/q-1;+1. The normalized spacial score (nSPS) is 9.82. The molecule has 0 aliphatic rings. The molecule has 0 saturated heterocycles. The van der Waals surface area contributed by atoms with Crippen molar-refractivity contribution in [2.45, 2.75) is 0 Å². The van der Waals surface area contributed by atoms with Gasteiger partial charge in [0.1, 0.15) is 6.07 Å². The maximum absolute atomic E-state index is 8.69. The molecule has 0 aliphatic carbocycles. The van der Waals surface area contributed by atoms with Crippen molar-refractivity contribution in [1.82, 2.24) is 29.9 Å². The molecule has 3 rings (SSSR count). The van der Waals surface area contributed by atoms with Gasteiger partial charge >= 0.3 is 51.4 Å². The van der Waals surface area contributed by atoms with E-state index in [0.717, 1.165) is 5.39 Å². The van der Waals surface area contributed by atoms with Crippen LogP contribution in [0.1, 0.15) is 5.69 Å². The Morgan fingerprint density at radius 1 is 1.41 bits per heavy atom. The first-order valence-electron chi connectivity index (χ1n) is 4.42. The van der Waals surface area contributed by atoms with Crippen LogP contribution >= 0.6 is 0 Å². The molecule has 0 aromatic carbocycles.